The molecule has 4 heterocycles. The number of nitrogens with one attached hydrogen (secondary N) is 1. The third-order valence-electron chi connectivity index (χ3n) is 4.59. The van der Waals surface area contributed by atoms with Crippen LogP contribution in [0.2, 0.25) is 0 Å². The van der Waals surface area contributed by atoms with Crippen molar-refractivity contribution in [3.05, 3.63) is 66.2 Å². The van der Waals surface area contributed by atoms with Crippen molar-refractivity contribution >= 4 is 17.6 Å². The van der Waals surface area contributed by atoms with E-state index < -0.39 is 0 Å². The molecule has 1 N–H and O–H groups in total. The fraction of sp³-hybridized carbons (Fsp3) is 0.300. The molecule has 0 amide bonds. The van der Waals surface area contributed by atoms with Crippen LogP contribution < -0.4 is 15.1 Å². The summed E-state index contributed by atoms with van der Waals surface area (Å²) in [5.41, 5.74) is 2.06. The van der Waals surface area contributed by atoms with Gasteiger partial charge in [-0.15, -0.1) is 0 Å². The lowest BCUT2D eigenvalue weighted by Gasteiger charge is -2.36. The fourth-order valence-corrected chi connectivity index (χ4v) is 3.18. The maximum absolute atomic E-state index is 4.72. The van der Waals surface area contributed by atoms with Crippen LogP contribution in [0.4, 0.5) is 17.6 Å². The highest BCUT2D eigenvalue weighted by Crippen LogP contribution is 2.19. The topological polar surface area (TPSA) is 70.1 Å². The summed E-state index contributed by atoms with van der Waals surface area (Å²) >= 11 is 0. The van der Waals surface area contributed by atoms with Gasteiger partial charge in [-0.3, -0.25) is 4.98 Å². The van der Waals surface area contributed by atoms with Crippen LogP contribution in [-0.2, 0) is 6.54 Å². The van der Waals surface area contributed by atoms with Crippen LogP contribution in [0, 0.1) is 6.92 Å². The first kappa shape index (κ1) is 17.2. The zero-order chi connectivity index (χ0) is 18.5. The zero-order valence-corrected chi connectivity index (χ0v) is 15.4. The second-order valence-electron chi connectivity index (χ2n) is 6.57. The van der Waals surface area contributed by atoms with E-state index in [0.29, 0.717) is 12.5 Å². The standard InChI is InChI=1S/C20H23N7/c1-16-13-19(25-20(24-16)23-15-17-5-4-7-21-14-17)27-11-9-26(10-12-27)18-6-2-3-8-22-18/h2-8,13-14H,9-12,15H2,1H3,(H,23,24,25). The summed E-state index contributed by atoms with van der Waals surface area (Å²) in [7, 11) is 0. The number of aromatic nitrogens is 4. The van der Waals surface area contributed by atoms with Crippen molar-refractivity contribution < 1.29 is 0 Å². The molecule has 0 bridgehead atoms. The predicted molar refractivity (Wildman–Crippen MR) is 107 cm³/mol. The number of piperazine rings is 1. The van der Waals surface area contributed by atoms with Gasteiger partial charge in [-0.2, -0.15) is 4.98 Å². The van der Waals surface area contributed by atoms with Crippen LogP contribution in [0.3, 0.4) is 0 Å². The Labute approximate surface area is 159 Å². The van der Waals surface area contributed by atoms with Gasteiger partial charge in [0.1, 0.15) is 11.6 Å². The molecule has 0 saturated carbocycles. The van der Waals surface area contributed by atoms with Crippen molar-refractivity contribution in [2.75, 3.05) is 41.3 Å². The lowest BCUT2D eigenvalue weighted by molar-refractivity contribution is 0.641. The van der Waals surface area contributed by atoms with E-state index in [1.165, 1.54) is 0 Å². The number of hydrogen-bond donors (Lipinski definition) is 1. The van der Waals surface area contributed by atoms with Gasteiger partial charge in [0.2, 0.25) is 5.95 Å². The predicted octanol–water partition coefficient (Wildman–Crippen LogP) is 2.51. The molecule has 27 heavy (non-hydrogen) atoms. The minimum absolute atomic E-state index is 0.654. The Hall–Kier alpha value is -3.22. The number of rotatable bonds is 5. The van der Waals surface area contributed by atoms with Crippen LogP contribution in [-0.4, -0.2) is 46.1 Å². The van der Waals surface area contributed by atoms with Gasteiger partial charge in [-0.05, 0) is 30.7 Å². The average Bonchev–Trinajstić information content (AvgIpc) is 2.73. The number of pyridine rings is 2. The quantitative estimate of drug-likeness (QED) is 0.749. The molecule has 0 spiro atoms. The molecule has 1 aliphatic rings. The van der Waals surface area contributed by atoms with E-state index in [0.717, 1.165) is 49.1 Å². The third kappa shape index (κ3) is 4.31. The van der Waals surface area contributed by atoms with Gasteiger partial charge in [-0.25, -0.2) is 9.97 Å². The summed E-state index contributed by atoms with van der Waals surface area (Å²) in [5.74, 6) is 2.66. The van der Waals surface area contributed by atoms with Gasteiger partial charge in [0.05, 0.1) is 0 Å². The van der Waals surface area contributed by atoms with Crippen molar-refractivity contribution in [2.45, 2.75) is 13.5 Å². The first-order valence-corrected chi connectivity index (χ1v) is 9.17. The summed E-state index contributed by atoms with van der Waals surface area (Å²) in [6.07, 6.45) is 5.46. The molecule has 0 radical (unpaired) electrons. The molecule has 0 unspecified atom stereocenters. The highest BCUT2D eigenvalue weighted by atomic mass is 15.3. The molecule has 138 valence electrons. The molecular formula is C20H23N7. The molecule has 7 nitrogen and oxygen atoms in total. The van der Waals surface area contributed by atoms with Crippen LogP contribution in [0.5, 0.6) is 0 Å². The van der Waals surface area contributed by atoms with Crippen molar-refractivity contribution in [3.8, 4) is 0 Å². The van der Waals surface area contributed by atoms with Crippen molar-refractivity contribution in [2.24, 2.45) is 0 Å². The number of nitrogens with zero attached hydrogens (tertiary/aromatic N) is 6. The van der Waals surface area contributed by atoms with Crippen LogP contribution in [0.25, 0.3) is 0 Å². The first-order chi connectivity index (χ1) is 13.3. The average molecular weight is 361 g/mol. The number of hydrogen-bond acceptors (Lipinski definition) is 7. The minimum Gasteiger partial charge on any atom is -0.353 e. The van der Waals surface area contributed by atoms with Crippen molar-refractivity contribution in [3.63, 3.8) is 0 Å². The third-order valence-corrected chi connectivity index (χ3v) is 4.59. The van der Waals surface area contributed by atoms with E-state index in [1.54, 1.807) is 6.20 Å². The first-order valence-electron chi connectivity index (χ1n) is 9.17. The Balaban J connectivity index is 1.41. The Morgan fingerprint density at radius 3 is 2.44 bits per heavy atom. The minimum atomic E-state index is 0.654. The summed E-state index contributed by atoms with van der Waals surface area (Å²) in [4.78, 5) is 22.4. The van der Waals surface area contributed by atoms with E-state index in [-0.39, 0.29) is 0 Å². The molecule has 0 aliphatic carbocycles. The SMILES string of the molecule is Cc1cc(N2CCN(c3ccccn3)CC2)nc(NCc2cccnc2)n1. The summed E-state index contributed by atoms with van der Waals surface area (Å²) < 4.78 is 0. The molecule has 4 rings (SSSR count). The maximum atomic E-state index is 4.72. The van der Waals surface area contributed by atoms with E-state index in [9.17, 15) is 0 Å². The summed E-state index contributed by atoms with van der Waals surface area (Å²) in [6, 6.07) is 12.1. The van der Waals surface area contributed by atoms with Crippen LogP contribution >= 0.6 is 0 Å². The highest BCUT2D eigenvalue weighted by Gasteiger charge is 2.19. The lowest BCUT2D eigenvalue weighted by Crippen LogP contribution is -2.47. The zero-order valence-electron chi connectivity index (χ0n) is 15.4. The van der Waals surface area contributed by atoms with E-state index in [1.807, 2.05) is 49.6 Å². The molecule has 0 aromatic carbocycles. The van der Waals surface area contributed by atoms with E-state index in [4.69, 9.17) is 4.98 Å². The van der Waals surface area contributed by atoms with Gasteiger partial charge >= 0.3 is 0 Å². The summed E-state index contributed by atoms with van der Waals surface area (Å²) in [6.45, 7) is 6.34. The number of anilines is 3. The second kappa shape index (κ2) is 7.99. The fourth-order valence-electron chi connectivity index (χ4n) is 3.18. The van der Waals surface area contributed by atoms with Crippen LogP contribution in [0.1, 0.15) is 11.3 Å². The molecule has 0 atom stereocenters. The monoisotopic (exact) mass is 361 g/mol. The van der Waals surface area contributed by atoms with Gasteiger partial charge in [-0.1, -0.05) is 12.1 Å². The smallest absolute Gasteiger partial charge is 0.225 e. The largest absolute Gasteiger partial charge is 0.353 e. The Bertz CT molecular complexity index is 862. The highest BCUT2D eigenvalue weighted by molar-refractivity contribution is 5.48. The van der Waals surface area contributed by atoms with Gasteiger partial charge < -0.3 is 15.1 Å². The maximum Gasteiger partial charge on any atom is 0.225 e. The number of aryl methyl sites for hydroxylation is 1. The van der Waals surface area contributed by atoms with Crippen molar-refractivity contribution in [1.29, 1.82) is 0 Å². The molecule has 1 fully saturated rings. The van der Waals surface area contributed by atoms with Gasteiger partial charge in [0, 0.05) is 63.1 Å². The van der Waals surface area contributed by atoms with Crippen LogP contribution in [0.15, 0.2) is 55.0 Å². The molecule has 1 aliphatic heterocycles. The van der Waals surface area contributed by atoms with Gasteiger partial charge in [0.15, 0.2) is 0 Å². The van der Waals surface area contributed by atoms with Crippen molar-refractivity contribution in [1.82, 2.24) is 19.9 Å². The molecule has 3 aromatic heterocycles. The second-order valence-corrected chi connectivity index (χ2v) is 6.57. The molecule has 1 saturated heterocycles. The van der Waals surface area contributed by atoms with E-state index >= 15 is 0 Å². The Kier molecular flexibility index (Phi) is 5.09. The summed E-state index contributed by atoms with van der Waals surface area (Å²) in [5, 5.41) is 3.31. The molecule has 3 aromatic rings. The van der Waals surface area contributed by atoms with Gasteiger partial charge in [0.25, 0.3) is 0 Å². The normalized spacial score (nSPS) is 14.3. The Morgan fingerprint density at radius 2 is 1.74 bits per heavy atom. The Morgan fingerprint density at radius 1 is 0.926 bits per heavy atom. The van der Waals surface area contributed by atoms with E-state index in [2.05, 4.69) is 36.1 Å². The molecule has 7 heteroatoms. The lowest BCUT2D eigenvalue weighted by atomic mass is 10.3. The molecular weight excluding hydrogens is 338 g/mol.